The van der Waals surface area contributed by atoms with Crippen molar-refractivity contribution in [1.82, 2.24) is 0 Å². The Hall–Kier alpha value is -1.84. The van der Waals surface area contributed by atoms with Crippen LogP contribution in [0.15, 0.2) is 48.5 Å². The normalized spacial score (nSPS) is 13.9. The summed E-state index contributed by atoms with van der Waals surface area (Å²) in [7, 11) is 0. The van der Waals surface area contributed by atoms with Crippen molar-refractivity contribution < 1.29 is 9.84 Å². The molecule has 3 nitrogen and oxygen atoms in total. The smallest absolute Gasteiger partial charge is 0.137 e. The highest BCUT2D eigenvalue weighted by Crippen LogP contribution is 2.24. The van der Waals surface area contributed by atoms with Crippen molar-refractivity contribution in [2.75, 3.05) is 0 Å². The summed E-state index contributed by atoms with van der Waals surface area (Å²) in [4.78, 5) is 0. The SMILES string of the molecule is Cc1cc(OCc2ccccc2)ccc1C(C)(N)O. The minimum atomic E-state index is -1.32. The molecule has 0 heterocycles. The summed E-state index contributed by atoms with van der Waals surface area (Å²) in [5, 5.41) is 9.81. The van der Waals surface area contributed by atoms with E-state index in [9.17, 15) is 5.11 Å². The van der Waals surface area contributed by atoms with Crippen molar-refractivity contribution in [3.63, 3.8) is 0 Å². The first-order valence-electron chi connectivity index (χ1n) is 6.26. The van der Waals surface area contributed by atoms with Crippen molar-refractivity contribution in [1.29, 1.82) is 0 Å². The van der Waals surface area contributed by atoms with E-state index < -0.39 is 5.72 Å². The minimum absolute atomic E-state index is 0.526. The highest BCUT2D eigenvalue weighted by Gasteiger charge is 2.18. The van der Waals surface area contributed by atoms with E-state index in [1.165, 1.54) is 0 Å². The average molecular weight is 257 g/mol. The zero-order valence-electron chi connectivity index (χ0n) is 11.3. The molecule has 3 heteroatoms. The highest BCUT2D eigenvalue weighted by molar-refractivity contribution is 5.37. The summed E-state index contributed by atoms with van der Waals surface area (Å²) in [5.41, 5.74) is 7.11. The predicted molar refractivity (Wildman–Crippen MR) is 75.7 cm³/mol. The zero-order chi connectivity index (χ0) is 13.9. The topological polar surface area (TPSA) is 55.5 Å². The summed E-state index contributed by atoms with van der Waals surface area (Å²) >= 11 is 0. The molecule has 2 aromatic rings. The number of hydrogen-bond donors (Lipinski definition) is 2. The molecule has 0 aliphatic carbocycles. The summed E-state index contributed by atoms with van der Waals surface area (Å²) < 4.78 is 5.72. The van der Waals surface area contributed by atoms with Gasteiger partial charge in [0.15, 0.2) is 0 Å². The van der Waals surface area contributed by atoms with Gasteiger partial charge < -0.3 is 15.6 Å². The van der Waals surface area contributed by atoms with Crippen LogP contribution >= 0.6 is 0 Å². The second-order valence-electron chi connectivity index (χ2n) is 4.90. The fourth-order valence-electron chi connectivity index (χ4n) is 2.03. The molecular weight excluding hydrogens is 238 g/mol. The van der Waals surface area contributed by atoms with E-state index in [-0.39, 0.29) is 0 Å². The summed E-state index contributed by atoms with van der Waals surface area (Å²) in [6.45, 7) is 4.00. The third-order valence-electron chi connectivity index (χ3n) is 2.99. The van der Waals surface area contributed by atoms with Crippen LogP contribution in [-0.4, -0.2) is 5.11 Å². The van der Waals surface area contributed by atoms with Gasteiger partial charge in [-0.25, -0.2) is 0 Å². The number of ether oxygens (including phenoxy) is 1. The van der Waals surface area contributed by atoms with Gasteiger partial charge in [0, 0.05) is 5.56 Å². The molecule has 2 rings (SSSR count). The Morgan fingerprint density at radius 3 is 2.42 bits per heavy atom. The molecule has 0 saturated heterocycles. The van der Waals surface area contributed by atoms with E-state index >= 15 is 0 Å². The Kier molecular flexibility index (Phi) is 3.88. The Morgan fingerprint density at radius 1 is 1.16 bits per heavy atom. The first-order chi connectivity index (χ1) is 8.97. The first kappa shape index (κ1) is 13.6. The van der Waals surface area contributed by atoms with Crippen molar-refractivity contribution in [2.24, 2.45) is 5.73 Å². The maximum Gasteiger partial charge on any atom is 0.137 e. The lowest BCUT2D eigenvalue weighted by atomic mass is 10.00. The van der Waals surface area contributed by atoms with Crippen LogP contribution in [0.3, 0.4) is 0 Å². The van der Waals surface area contributed by atoms with Crippen LogP contribution in [0.5, 0.6) is 5.75 Å². The second-order valence-corrected chi connectivity index (χ2v) is 4.90. The number of rotatable bonds is 4. The molecule has 0 aliphatic heterocycles. The van der Waals surface area contributed by atoms with Gasteiger partial charge in [0.2, 0.25) is 0 Å². The van der Waals surface area contributed by atoms with Gasteiger partial charge >= 0.3 is 0 Å². The number of aryl methyl sites for hydroxylation is 1. The van der Waals surface area contributed by atoms with E-state index in [1.54, 1.807) is 13.0 Å². The molecule has 3 N–H and O–H groups in total. The summed E-state index contributed by atoms with van der Waals surface area (Å²) in [6.07, 6.45) is 0. The molecule has 0 saturated carbocycles. The maximum absolute atomic E-state index is 9.81. The third-order valence-corrected chi connectivity index (χ3v) is 2.99. The lowest BCUT2D eigenvalue weighted by molar-refractivity contribution is 0.0640. The lowest BCUT2D eigenvalue weighted by Gasteiger charge is -2.20. The molecule has 0 fully saturated rings. The molecule has 1 atom stereocenters. The van der Waals surface area contributed by atoms with Gasteiger partial charge in [-0.1, -0.05) is 36.4 Å². The van der Waals surface area contributed by atoms with Gasteiger partial charge in [-0.2, -0.15) is 0 Å². The van der Waals surface area contributed by atoms with Crippen LogP contribution in [-0.2, 0) is 12.3 Å². The summed E-state index contributed by atoms with van der Waals surface area (Å²) in [5.74, 6) is 0.773. The predicted octanol–water partition coefficient (Wildman–Crippen LogP) is 2.70. The van der Waals surface area contributed by atoms with Crippen LogP contribution in [0.4, 0.5) is 0 Å². The molecule has 100 valence electrons. The molecule has 0 spiro atoms. The Labute approximate surface area is 113 Å². The molecular formula is C16H19NO2. The molecule has 0 aliphatic rings. The average Bonchev–Trinajstić information content (AvgIpc) is 2.36. The zero-order valence-corrected chi connectivity index (χ0v) is 11.3. The standard InChI is InChI=1S/C16H19NO2/c1-12-10-14(8-9-15(12)16(2,17)18)19-11-13-6-4-3-5-7-13/h3-10,18H,11,17H2,1-2H3. The number of aliphatic hydroxyl groups is 1. The first-order valence-corrected chi connectivity index (χ1v) is 6.26. The number of nitrogens with two attached hydrogens (primary N) is 1. The van der Waals surface area contributed by atoms with E-state index in [0.717, 1.165) is 16.9 Å². The minimum Gasteiger partial charge on any atom is -0.489 e. The Balaban J connectivity index is 2.09. The van der Waals surface area contributed by atoms with Gasteiger partial charge in [0.1, 0.15) is 18.1 Å². The fourth-order valence-corrected chi connectivity index (χ4v) is 2.03. The Morgan fingerprint density at radius 2 is 1.84 bits per heavy atom. The second kappa shape index (κ2) is 5.43. The molecule has 0 amide bonds. The van der Waals surface area contributed by atoms with Crippen molar-refractivity contribution in [3.05, 3.63) is 65.2 Å². The molecule has 0 aromatic heterocycles. The van der Waals surface area contributed by atoms with Crippen LogP contribution in [0.1, 0.15) is 23.6 Å². The highest BCUT2D eigenvalue weighted by atomic mass is 16.5. The van der Waals surface area contributed by atoms with Crippen LogP contribution in [0.25, 0.3) is 0 Å². The number of hydrogen-bond acceptors (Lipinski definition) is 3. The van der Waals surface area contributed by atoms with Gasteiger partial charge in [0.25, 0.3) is 0 Å². The van der Waals surface area contributed by atoms with Crippen molar-refractivity contribution in [2.45, 2.75) is 26.2 Å². The van der Waals surface area contributed by atoms with E-state index in [1.807, 2.05) is 49.4 Å². The van der Waals surface area contributed by atoms with Gasteiger partial charge in [-0.3, -0.25) is 0 Å². The number of benzene rings is 2. The lowest BCUT2D eigenvalue weighted by Crippen LogP contribution is -2.33. The van der Waals surface area contributed by atoms with Crippen molar-refractivity contribution in [3.8, 4) is 5.75 Å². The van der Waals surface area contributed by atoms with Gasteiger partial charge in [-0.05, 0) is 37.1 Å². The monoisotopic (exact) mass is 257 g/mol. The van der Waals surface area contributed by atoms with Crippen molar-refractivity contribution >= 4 is 0 Å². The van der Waals surface area contributed by atoms with Gasteiger partial charge in [-0.15, -0.1) is 0 Å². The van der Waals surface area contributed by atoms with Crippen LogP contribution in [0.2, 0.25) is 0 Å². The molecule has 0 bridgehead atoms. The molecule has 2 aromatic carbocycles. The fraction of sp³-hybridized carbons (Fsp3) is 0.250. The van der Waals surface area contributed by atoms with Crippen LogP contribution in [0, 0.1) is 6.92 Å². The van der Waals surface area contributed by atoms with Gasteiger partial charge in [0.05, 0.1) is 0 Å². The quantitative estimate of drug-likeness (QED) is 0.828. The largest absolute Gasteiger partial charge is 0.489 e. The molecule has 0 radical (unpaired) electrons. The third kappa shape index (κ3) is 3.56. The van der Waals surface area contributed by atoms with Crippen LogP contribution < -0.4 is 10.5 Å². The van der Waals surface area contributed by atoms with E-state index in [4.69, 9.17) is 10.5 Å². The maximum atomic E-state index is 9.81. The molecule has 19 heavy (non-hydrogen) atoms. The summed E-state index contributed by atoms with van der Waals surface area (Å²) in [6, 6.07) is 15.5. The molecule has 1 unspecified atom stereocenters. The van der Waals surface area contributed by atoms with E-state index in [0.29, 0.717) is 12.2 Å². The Bertz CT molecular complexity index is 544. The van der Waals surface area contributed by atoms with E-state index in [2.05, 4.69) is 0 Å².